The number of likely N-dealkylation sites (tertiary alicyclic amines) is 1. The first kappa shape index (κ1) is 11.4. The van der Waals surface area contributed by atoms with Gasteiger partial charge in [0.1, 0.15) is 11.4 Å². The lowest BCUT2D eigenvalue weighted by Crippen LogP contribution is -2.53. The fraction of sp³-hybridized carbons (Fsp3) is 0.833. The Labute approximate surface area is 95.9 Å². The van der Waals surface area contributed by atoms with Gasteiger partial charge in [0, 0.05) is 25.4 Å². The Kier molecular flexibility index (Phi) is 2.68. The van der Waals surface area contributed by atoms with Gasteiger partial charge in [-0.25, -0.2) is 4.79 Å². The molecule has 1 saturated heterocycles. The van der Waals surface area contributed by atoms with Crippen LogP contribution in [0.5, 0.6) is 0 Å². The first-order valence-corrected chi connectivity index (χ1v) is 5.87. The van der Waals surface area contributed by atoms with E-state index in [9.17, 15) is 9.59 Å². The van der Waals surface area contributed by atoms with Crippen LogP contribution in [-0.4, -0.2) is 35.5 Å². The highest BCUT2D eigenvalue weighted by Gasteiger charge is 2.44. The Bertz CT molecular complexity index is 319. The molecule has 0 bridgehead atoms. The van der Waals surface area contributed by atoms with Crippen molar-refractivity contribution in [1.29, 1.82) is 0 Å². The van der Waals surface area contributed by atoms with Crippen LogP contribution in [0.1, 0.15) is 33.6 Å². The number of carbonyl (C=O) groups excluding carboxylic acids is 2. The molecule has 0 aromatic heterocycles. The second-order valence-corrected chi connectivity index (χ2v) is 5.75. The summed E-state index contributed by atoms with van der Waals surface area (Å²) in [7, 11) is 0. The van der Waals surface area contributed by atoms with Crippen LogP contribution >= 0.6 is 0 Å². The number of hydrogen-bond acceptors (Lipinski definition) is 3. The number of nitrogens with zero attached hydrogens (tertiary/aromatic N) is 1. The summed E-state index contributed by atoms with van der Waals surface area (Å²) in [4.78, 5) is 24.8. The van der Waals surface area contributed by atoms with Crippen molar-refractivity contribution in [2.45, 2.75) is 39.2 Å². The normalized spacial score (nSPS) is 29.4. The molecule has 2 aliphatic rings. The van der Waals surface area contributed by atoms with E-state index in [2.05, 4.69) is 0 Å². The van der Waals surface area contributed by atoms with Gasteiger partial charge in [0.25, 0.3) is 0 Å². The minimum atomic E-state index is -0.441. The summed E-state index contributed by atoms with van der Waals surface area (Å²) >= 11 is 0. The van der Waals surface area contributed by atoms with Gasteiger partial charge >= 0.3 is 6.09 Å². The third kappa shape index (κ3) is 2.20. The summed E-state index contributed by atoms with van der Waals surface area (Å²) in [5.74, 6) is 0.973. The molecule has 4 nitrogen and oxygen atoms in total. The molecular weight excluding hydrogens is 206 g/mol. The lowest BCUT2D eigenvalue weighted by molar-refractivity contribution is -0.138. The van der Waals surface area contributed by atoms with E-state index in [1.54, 1.807) is 4.90 Å². The van der Waals surface area contributed by atoms with Crippen molar-refractivity contribution in [2.75, 3.05) is 13.1 Å². The van der Waals surface area contributed by atoms with E-state index in [1.807, 2.05) is 20.8 Å². The second kappa shape index (κ2) is 3.75. The molecule has 16 heavy (non-hydrogen) atoms. The molecule has 2 fully saturated rings. The van der Waals surface area contributed by atoms with Crippen molar-refractivity contribution in [3.63, 3.8) is 0 Å². The average Bonchev–Trinajstić information content (AvgIpc) is 2.12. The number of carbonyl (C=O) groups is 2. The highest BCUT2D eigenvalue weighted by atomic mass is 16.6. The molecular formula is C12H19NO3. The SMILES string of the molecule is CC(C)(C)OC(=O)N1CC[C@H]2C(=O)C[C@H]2C1. The monoisotopic (exact) mass is 225 g/mol. The number of Topliss-reactive ketones (excluding diaryl/α,β-unsaturated/α-hetero) is 1. The van der Waals surface area contributed by atoms with Gasteiger partial charge in [-0.2, -0.15) is 0 Å². The second-order valence-electron chi connectivity index (χ2n) is 5.75. The largest absolute Gasteiger partial charge is 0.444 e. The Morgan fingerprint density at radius 3 is 2.62 bits per heavy atom. The van der Waals surface area contributed by atoms with E-state index in [4.69, 9.17) is 4.74 Å². The first-order chi connectivity index (χ1) is 7.37. The van der Waals surface area contributed by atoms with Crippen molar-refractivity contribution < 1.29 is 14.3 Å². The van der Waals surface area contributed by atoms with Crippen molar-refractivity contribution in [3.05, 3.63) is 0 Å². The molecule has 0 N–H and O–H groups in total. The predicted molar refractivity (Wildman–Crippen MR) is 59.0 cm³/mol. The van der Waals surface area contributed by atoms with E-state index in [1.165, 1.54) is 0 Å². The van der Waals surface area contributed by atoms with Gasteiger partial charge in [-0.05, 0) is 33.1 Å². The Hall–Kier alpha value is -1.06. The number of fused-ring (bicyclic) bond motifs is 1. The van der Waals surface area contributed by atoms with Crippen LogP contribution in [0.3, 0.4) is 0 Å². The summed E-state index contributed by atoms with van der Waals surface area (Å²) in [6, 6.07) is 0. The molecule has 1 aliphatic heterocycles. The molecule has 0 aromatic carbocycles. The zero-order valence-electron chi connectivity index (χ0n) is 10.2. The zero-order chi connectivity index (χ0) is 11.9. The quantitative estimate of drug-likeness (QED) is 0.632. The van der Waals surface area contributed by atoms with Crippen molar-refractivity contribution in [3.8, 4) is 0 Å². The van der Waals surface area contributed by atoms with Gasteiger partial charge < -0.3 is 9.64 Å². The molecule has 0 unspecified atom stereocenters. The summed E-state index contributed by atoms with van der Waals surface area (Å²) in [6.07, 6.45) is 1.21. The van der Waals surface area contributed by atoms with Crippen LogP contribution in [0.15, 0.2) is 0 Å². The number of ether oxygens (including phenoxy) is 1. The fourth-order valence-corrected chi connectivity index (χ4v) is 2.40. The smallest absolute Gasteiger partial charge is 0.410 e. The summed E-state index contributed by atoms with van der Waals surface area (Å²) < 4.78 is 5.31. The van der Waals surface area contributed by atoms with Crippen LogP contribution in [0.25, 0.3) is 0 Å². The number of hydrogen-bond donors (Lipinski definition) is 0. The maximum Gasteiger partial charge on any atom is 0.410 e. The van der Waals surface area contributed by atoms with Gasteiger partial charge in [0.15, 0.2) is 0 Å². The Balaban J connectivity index is 1.88. The summed E-state index contributed by atoms with van der Waals surface area (Å²) in [6.45, 7) is 6.94. The maximum atomic E-state index is 11.8. The molecule has 0 spiro atoms. The van der Waals surface area contributed by atoms with Gasteiger partial charge in [0.05, 0.1) is 0 Å². The van der Waals surface area contributed by atoms with E-state index < -0.39 is 5.60 Å². The summed E-state index contributed by atoms with van der Waals surface area (Å²) in [5.41, 5.74) is -0.441. The van der Waals surface area contributed by atoms with Gasteiger partial charge in [0.2, 0.25) is 0 Å². The molecule has 4 heteroatoms. The lowest BCUT2D eigenvalue weighted by atomic mass is 9.68. The third-order valence-electron chi connectivity index (χ3n) is 3.26. The van der Waals surface area contributed by atoms with Crippen molar-refractivity contribution in [2.24, 2.45) is 11.8 Å². The molecule has 1 saturated carbocycles. The van der Waals surface area contributed by atoms with Crippen LogP contribution < -0.4 is 0 Å². The standard InChI is InChI=1S/C12H19NO3/c1-12(2,3)16-11(15)13-5-4-9-8(7-13)6-10(9)14/h8-9H,4-7H2,1-3H3/t8-,9+/m0/s1. The number of piperidine rings is 1. The van der Waals surface area contributed by atoms with E-state index in [0.717, 1.165) is 6.42 Å². The maximum absolute atomic E-state index is 11.8. The average molecular weight is 225 g/mol. The number of ketones is 1. The predicted octanol–water partition coefficient (Wildman–Crippen LogP) is 1.83. The molecule has 90 valence electrons. The van der Waals surface area contributed by atoms with Crippen molar-refractivity contribution in [1.82, 2.24) is 4.90 Å². The summed E-state index contributed by atoms with van der Waals surface area (Å²) in [5, 5.41) is 0. The molecule has 1 amide bonds. The minimum absolute atomic E-state index is 0.221. The number of rotatable bonds is 0. The molecule has 0 radical (unpaired) electrons. The molecule has 2 atom stereocenters. The van der Waals surface area contributed by atoms with E-state index >= 15 is 0 Å². The highest BCUT2D eigenvalue weighted by Crippen LogP contribution is 2.37. The lowest BCUT2D eigenvalue weighted by Gasteiger charge is -2.43. The molecule has 2 rings (SSSR count). The van der Waals surface area contributed by atoms with Gasteiger partial charge in [-0.15, -0.1) is 0 Å². The molecule has 1 heterocycles. The Morgan fingerprint density at radius 2 is 2.12 bits per heavy atom. The third-order valence-corrected chi connectivity index (χ3v) is 3.26. The highest BCUT2D eigenvalue weighted by molar-refractivity contribution is 5.88. The van der Waals surface area contributed by atoms with Crippen LogP contribution in [0.4, 0.5) is 4.79 Å². The topological polar surface area (TPSA) is 46.6 Å². The molecule has 1 aliphatic carbocycles. The minimum Gasteiger partial charge on any atom is -0.444 e. The Morgan fingerprint density at radius 1 is 1.44 bits per heavy atom. The fourth-order valence-electron chi connectivity index (χ4n) is 2.40. The van der Waals surface area contributed by atoms with Crippen LogP contribution in [0, 0.1) is 11.8 Å². The van der Waals surface area contributed by atoms with Gasteiger partial charge in [-0.3, -0.25) is 4.79 Å². The number of amides is 1. The van der Waals surface area contributed by atoms with E-state index in [0.29, 0.717) is 31.2 Å². The van der Waals surface area contributed by atoms with E-state index in [-0.39, 0.29) is 12.0 Å². The molecule has 0 aromatic rings. The van der Waals surface area contributed by atoms with Gasteiger partial charge in [-0.1, -0.05) is 0 Å². The zero-order valence-corrected chi connectivity index (χ0v) is 10.2. The first-order valence-electron chi connectivity index (χ1n) is 5.87. The van der Waals surface area contributed by atoms with Crippen LogP contribution in [0.2, 0.25) is 0 Å². The van der Waals surface area contributed by atoms with Crippen LogP contribution in [-0.2, 0) is 9.53 Å². The van der Waals surface area contributed by atoms with Crippen molar-refractivity contribution >= 4 is 11.9 Å².